The Hall–Kier alpha value is -1.62. The first-order valence-corrected chi connectivity index (χ1v) is 10.4. The molecule has 0 saturated carbocycles. The summed E-state index contributed by atoms with van der Waals surface area (Å²) in [6.45, 7) is 1.26. The summed E-state index contributed by atoms with van der Waals surface area (Å²) in [6, 6.07) is 0. The maximum atomic E-state index is 13.9. The minimum atomic E-state index is -6.61. The van der Waals surface area contributed by atoms with Crippen LogP contribution < -0.4 is 0 Å². The number of hydrogen-bond acceptors (Lipinski definition) is 4. The molecule has 0 radical (unpaired) electrons. The molecular formula is C20H30F8O4. The Labute approximate surface area is 182 Å². The number of ether oxygens (including phenoxy) is 2. The summed E-state index contributed by atoms with van der Waals surface area (Å²) in [5.74, 6) is -29.4. The van der Waals surface area contributed by atoms with E-state index in [-0.39, 0.29) is 25.7 Å². The van der Waals surface area contributed by atoms with Crippen LogP contribution in [0.3, 0.4) is 0 Å². The molecule has 0 aromatic carbocycles. The molecule has 0 saturated heterocycles. The molecule has 0 bridgehead atoms. The largest absolute Gasteiger partial charge is 0.459 e. The highest BCUT2D eigenvalue weighted by Gasteiger charge is 2.81. The zero-order valence-electron chi connectivity index (χ0n) is 18.5. The van der Waals surface area contributed by atoms with Crippen LogP contribution in [0.25, 0.3) is 0 Å². The van der Waals surface area contributed by atoms with Gasteiger partial charge in [-0.15, -0.1) is 0 Å². The predicted molar refractivity (Wildman–Crippen MR) is 99.1 cm³/mol. The van der Waals surface area contributed by atoms with Crippen LogP contribution in [0.2, 0.25) is 0 Å². The Morgan fingerprint density at radius 1 is 0.625 bits per heavy atom. The summed E-state index contributed by atoms with van der Waals surface area (Å²) >= 11 is 0. The van der Waals surface area contributed by atoms with E-state index >= 15 is 0 Å². The topological polar surface area (TPSA) is 52.6 Å². The molecule has 0 spiro atoms. The highest BCUT2D eigenvalue weighted by molar-refractivity contribution is 5.72. The normalized spacial score (nSPS) is 15.2. The summed E-state index contributed by atoms with van der Waals surface area (Å²) in [5, 5.41) is 0. The lowest BCUT2D eigenvalue weighted by molar-refractivity contribution is -0.374. The maximum Gasteiger partial charge on any atom is 0.381 e. The predicted octanol–water partition coefficient (Wildman–Crippen LogP) is 6.27. The fourth-order valence-corrected chi connectivity index (χ4v) is 2.87. The molecule has 12 heteroatoms. The molecule has 0 aliphatic heterocycles. The molecule has 0 aromatic heterocycles. The summed E-state index contributed by atoms with van der Waals surface area (Å²) in [7, 11) is 0. The molecule has 0 N–H and O–H groups in total. The Morgan fingerprint density at radius 2 is 0.906 bits per heavy atom. The van der Waals surface area contributed by atoms with E-state index in [4.69, 9.17) is 0 Å². The lowest BCUT2D eigenvalue weighted by atomic mass is 9.98. The lowest BCUT2D eigenvalue weighted by Gasteiger charge is -2.36. The van der Waals surface area contributed by atoms with E-state index in [0.29, 0.717) is 12.8 Å². The van der Waals surface area contributed by atoms with Crippen LogP contribution in [-0.2, 0) is 19.1 Å². The second-order valence-corrected chi connectivity index (χ2v) is 7.56. The second kappa shape index (κ2) is 12.0. The van der Waals surface area contributed by atoms with Crippen molar-refractivity contribution >= 4 is 11.9 Å². The minimum Gasteiger partial charge on any atom is -0.459 e. The molecule has 2 atom stereocenters. The number of esters is 2. The number of carbonyl (C=O) groups excluding carboxylic acids is 2. The van der Waals surface area contributed by atoms with Gasteiger partial charge >= 0.3 is 35.6 Å². The van der Waals surface area contributed by atoms with Crippen molar-refractivity contribution in [2.45, 2.75) is 89.9 Å². The Bertz CT molecular complexity index is 558. The van der Waals surface area contributed by atoms with Crippen LogP contribution in [0, 0.1) is 11.8 Å². The van der Waals surface area contributed by atoms with Gasteiger partial charge in [0.2, 0.25) is 0 Å². The molecule has 32 heavy (non-hydrogen) atoms. The molecule has 0 rings (SSSR count). The first-order valence-electron chi connectivity index (χ1n) is 10.4. The monoisotopic (exact) mass is 486 g/mol. The van der Waals surface area contributed by atoms with E-state index in [0.717, 1.165) is 0 Å². The number of alkyl halides is 8. The maximum absolute atomic E-state index is 13.9. The third-order valence-corrected chi connectivity index (χ3v) is 5.03. The van der Waals surface area contributed by atoms with E-state index in [1.54, 1.807) is 13.8 Å². The van der Waals surface area contributed by atoms with E-state index in [1.807, 2.05) is 0 Å². The molecule has 0 aliphatic rings. The van der Waals surface area contributed by atoms with Gasteiger partial charge in [0.15, 0.2) is 13.2 Å². The van der Waals surface area contributed by atoms with Gasteiger partial charge in [0.05, 0.1) is 11.8 Å². The second-order valence-electron chi connectivity index (χ2n) is 7.56. The van der Waals surface area contributed by atoms with Crippen molar-refractivity contribution < 1.29 is 54.2 Å². The number of halogens is 8. The van der Waals surface area contributed by atoms with Crippen molar-refractivity contribution in [1.29, 1.82) is 0 Å². The fourth-order valence-electron chi connectivity index (χ4n) is 2.87. The van der Waals surface area contributed by atoms with Gasteiger partial charge in [0, 0.05) is 0 Å². The van der Waals surface area contributed by atoms with Gasteiger partial charge in [-0.2, -0.15) is 35.1 Å². The Balaban J connectivity index is 5.43. The zero-order chi connectivity index (χ0) is 25.4. The number of carbonyl (C=O) groups is 2. The first kappa shape index (κ1) is 30.4. The SMILES string of the molecule is CCCC(CC)C(=O)OCC(F)(F)C(F)(F)C(F)(F)C(F)(F)COC(=O)C(CC)CCC. The highest BCUT2D eigenvalue weighted by Crippen LogP contribution is 2.52. The van der Waals surface area contributed by atoms with Crippen LogP contribution in [-0.4, -0.2) is 48.8 Å². The van der Waals surface area contributed by atoms with Crippen LogP contribution in [0.15, 0.2) is 0 Å². The van der Waals surface area contributed by atoms with E-state index in [1.165, 1.54) is 13.8 Å². The van der Waals surface area contributed by atoms with Gasteiger partial charge in [0.1, 0.15) is 0 Å². The number of hydrogen-bond donors (Lipinski definition) is 0. The third kappa shape index (κ3) is 6.94. The molecule has 0 amide bonds. The van der Waals surface area contributed by atoms with Gasteiger partial charge in [-0.05, 0) is 25.7 Å². The van der Waals surface area contributed by atoms with Crippen molar-refractivity contribution in [3.8, 4) is 0 Å². The molecule has 0 aliphatic carbocycles. The summed E-state index contributed by atoms with van der Waals surface area (Å²) < 4.78 is 119. The van der Waals surface area contributed by atoms with E-state index < -0.39 is 60.7 Å². The molecule has 0 fully saturated rings. The van der Waals surface area contributed by atoms with Crippen molar-refractivity contribution in [1.82, 2.24) is 0 Å². The number of rotatable bonds is 15. The summed E-state index contributed by atoms with van der Waals surface area (Å²) in [5.41, 5.74) is 0. The third-order valence-electron chi connectivity index (χ3n) is 5.03. The van der Waals surface area contributed by atoms with Crippen molar-refractivity contribution in [3.05, 3.63) is 0 Å². The average Bonchev–Trinajstić information content (AvgIpc) is 2.71. The molecule has 4 nitrogen and oxygen atoms in total. The fraction of sp³-hybridized carbons (Fsp3) is 0.900. The summed E-state index contributed by atoms with van der Waals surface area (Å²) in [6.07, 6.45) is 1.44. The first-order chi connectivity index (χ1) is 14.6. The van der Waals surface area contributed by atoms with Gasteiger partial charge in [-0.3, -0.25) is 9.59 Å². The zero-order valence-corrected chi connectivity index (χ0v) is 18.5. The van der Waals surface area contributed by atoms with Crippen molar-refractivity contribution in [2.24, 2.45) is 11.8 Å². The standard InChI is InChI=1S/C20H30F8O4/c1-5-9-13(7-3)15(29)31-11-17(21,22)19(25,26)20(27,28)18(23,24)12-32-16(30)14(8-4)10-6-2/h13-14H,5-12H2,1-4H3. The van der Waals surface area contributed by atoms with Gasteiger partial charge in [0.25, 0.3) is 0 Å². The van der Waals surface area contributed by atoms with Gasteiger partial charge in [-0.25, -0.2) is 0 Å². The van der Waals surface area contributed by atoms with Crippen LogP contribution in [0.4, 0.5) is 35.1 Å². The molecule has 190 valence electrons. The van der Waals surface area contributed by atoms with Gasteiger partial charge < -0.3 is 9.47 Å². The molecule has 0 aromatic rings. The van der Waals surface area contributed by atoms with Crippen LogP contribution in [0.5, 0.6) is 0 Å². The average molecular weight is 486 g/mol. The molecule has 2 unspecified atom stereocenters. The molecule has 0 heterocycles. The van der Waals surface area contributed by atoms with Gasteiger partial charge in [-0.1, -0.05) is 40.5 Å². The van der Waals surface area contributed by atoms with Crippen LogP contribution in [0.1, 0.15) is 66.2 Å². The lowest BCUT2D eigenvalue weighted by Crippen LogP contribution is -2.64. The quantitative estimate of drug-likeness (QED) is 0.202. The van der Waals surface area contributed by atoms with Crippen molar-refractivity contribution in [2.75, 3.05) is 13.2 Å². The smallest absolute Gasteiger partial charge is 0.381 e. The Morgan fingerprint density at radius 3 is 1.12 bits per heavy atom. The molecular weight excluding hydrogens is 456 g/mol. The van der Waals surface area contributed by atoms with Crippen LogP contribution >= 0.6 is 0 Å². The minimum absolute atomic E-state index is 0.116. The van der Waals surface area contributed by atoms with E-state index in [9.17, 15) is 44.7 Å². The van der Waals surface area contributed by atoms with E-state index in [2.05, 4.69) is 9.47 Å². The summed E-state index contributed by atoms with van der Waals surface area (Å²) in [4.78, 5) is 23.4. The highest BCUT2D eigenvalue weighted by atomic mass is 19.4. The Kier molecular flexibility index (Phi) is 11.4. The van der Waals surface area contributed by atoms with Crippen molar-refractivity contribution in [3.63, 3.8) is 0 Å².